The van der Waals surface area contributed by atoms with Gasteiger partial charge in [0.05, 0.1) is 0 Å². The Morgan fingerprint density at radius 1 is 1.09 bits per heavy atom. The summed E-state index contributed by atoms with van der Waals surface area (Å²) in [4.78, 5) is 0. The van der Waals surface area contributed by atoms with E-state index in [4.69, 9.17) is 17.2 Å². The standard InChI is InChI=1S/C8H21N3/c1-6(4-9)3-8(11)7(2)5-10/h6-8H,3-5,9-11H2,1-2H3. The first-order chi connectivity index (χ1) is 5.11. The number of hydrogen-bond acceptors (Lipinski definition) is 3. The first-order valence-electron chi connectivity index (χ1n) is 4.27. The van der Waals surface area contributed by atoms with Gasteiger partial charge in [0.2, 0.25) is 0 Å². The lowest BCUT2D eigenvalue weighted by molar-refractivity contribution is 0.380. The third-order valence-electron chi connectivity index (χ3n) is 2.18. The molecule has 0 spiro atoms. The predicted molar refractivity (Wildman–Crippen MR) is 49.0 cm³/mol. The molecule has 0 heterocycles. The summed E-state index contributed by atoms with van der Waals surface area (Å²) in [5.41, 5.74) is 16.8. The van der Waals surface area contributed by atoms with Crippen LogP contribution in [0.4, 0.5) is 0 Å². The van der Waals surface area contributed by atoms with Crippen molar-refractivity contribution in [2.75, 3.05) is 13.1 Å². The second kappa shape index (κ2) is 5.52. The van der Waals surface area contributed by atoms with Crippen LogP contribution in [0.15, 0.2) is 0 Å². The molecule has 0 aliphatic rings. The van der Waals surface area contributed by atoms with Gasteiger partial charge >= 0.3 is 0 Å². The van der Waals surface area contributed by atoms with Gasteiger partial charge in [0.15, 0.2) is 0 Å². The van der Waals surface area contributed by atoms with Gasteiger partial charge in [0.25, 0.3) is 0 Å². The zero-order valence-electron chi connectivity index (χ0n) is 7.59. The van der Waals surface area contributed by atoms with Gasteiger partial charge in [-0.05, 0) is 31.3 Å². The minimum absolute atomic E-state index is 0.207. The average Bonchev–Trinajstić information content (AvgIpc) is 2.02. The third-order valence-corrected chi connectivity index (χ3v) is 2.18. The highest BCUT2D eigenvalue weighted by Crippen LogP contribution is 2.09. The average molecular weight is 159 g/mol. The fraction of sp³-hybridized carbons (Fsp3) is 1.00. The molecule has 0 rings (SSSR count). The first-order valence-corrected chi connectivity index (χ1v) is 4.27. The maximum absolute atomic E-state index is 5.87. The molecule has 0 saturated carbocycles. The van der Waals surface area contributed by atoms with Crippen LogP contribution in [0.25, 0.3) is 0 Å². The summed E-state index contributed by atoms with van der Waals surface area (Å²) in [5.74, 6) is 0.919. The predicted octanol–water partition coefficient (Wildman–Crippen LogP) is -0.107. The topological polar surface area (TPSA) is 78.1 Å². The van der Waals surface area contributed by atoms with E-state index in [2.05, 4.69) is 13.8 Å². The quantitative estimate of drug-likeness (QED) is 0.524. The Morgan fingerprint density at radius 3 is 2.00 bits per heavy atom. The lowest BCUT2D eigenvalue weighted by Crippen LogP contribution is -2.35. The normalized spacial score (nSPS) is 19.4. The van der Waals surface area contributed by atoms with Crippen LogP contribution in [0, 0.1) is 11.8 Å². The highest BCUT2D eigenvalue weighted by molar-refractivity contribution is 4.72. The monoisotopic (exact) mass is 159 g/mol. The van der Waals surface area contributed by atoms with Crippen molar-refractivity contribution < 1.29 is 0 Å². The largest absolute Gasteiger partial charge is 0.330 e. The van der Waals surface area contributed by atoms with Gasteiger partial charge in [-0.1, -0.05) is 13.8 Å². The van der Waals surface area contributed by atoms with E-state index in [1.165, 1.54) is 0 Å². The summed E-state index contributed by atoms with van der Waals surface area (Å²) in [5, 5.41) is 0. The lowest BCUT2D eigenvalue weighted by Gasteiger charge is -2.20. The van der Waals surface area contributed by atoms with E-state index in [1.54, 1.807) is 0 Å². The summed E-state index contributed by atoms with van der Waals surface area (Å²) in [6.45, 7) is 5.57. The van der Waals surface area contributed by atoms with Gasteiger partial charge in [-0.2, -0.15) is 0 Å². The molecule has 0 radical (unpaired) electrons. The molecule has 3 nitrogen and oxygen atoms in total. The van der Waals surface area contributed by atoms with Crippen LogP contribution in [0.2, 0.25) is 0 Å². The SMILES string of the molecule is CC(CN)CC(N)C(C)CN. The molecular weight excluding hydrogens is 138 g/mol. The van der Waals surface area contributed by atoms with Crippen molar-refractivity contribution in [3.63, 3.8) is 0 Å². The zero-order valence-corrected chi connectivity index (χ0v) is 7.59. The molecular formula is C8H21N3. The molecule has 6 N–H and O–H groups in total. The number of nitrogens with two attached hydrogens (primary N) is 3. The van der Waals surface area contributed by atoms with Crippen LogP contribution in [-0.4, -0.2) is 19.1 Å². The molecule has 0 aliphatic heterocycles. The molecule has 3 heteroatoms. The van der Waals surface area contributed by atoms with Gasteiger partial charge in [-0.25, -0.2) is 0 Å². The van der Waals surface area contributed by atoms with E-state index in [0.29, 0.717) is 24.9 Å². The smallest absolute Gasteiger partial charge is 0.00795 e. The van der Waals surface area contributed by atoms with E-state index < -0.39 is 0 Å². The van der Waals surface area contributed by atoms with Gasteiger partial charge in [-0.15, -0.1) is 0 Å². The van der Waals surface area contributed by atoms with Crippen molar-refractivity contribution >= 4 is 0 Å². The molecule has 0 saturated heterocycles. The van der Waals surface area contributed by atoms with Crippen LogP contribution in [0.1, 0.15) is 20.3 Å². The Hall–Kier alpha value is -0.120. The van der Waals surface area contributed by atoms with Crippen LogP contribution in [-0.2, 0) is 0 Å². The Kier molecular flexibility index (Phi) is 5.46. The van der Waals surface area contributed by atoms with E-state index in [-0.39, 0.29) is 6.04 Å². The number of hydrogen-bond donors (Lipinski definition) is 3. The van der Waals surface area contributed by atoms with Crippen molar-refractivity contribution in [3.8, 4) is 0 Å². The molecule has 0 amide bonds. The van der Waals surface area contributed by atoms with E-state index in [9.17, 15) is 0 Å². The van der Waals surface area contributed by atoms with Gasteiger partial charge in [0, 0.05) is 6.04 Å². The summed E-state index contributed by atoms with van der Waals surface area (Å²) in [6, 6.07) is 0.207. The molecule has 11 heavy (non-hydrogen) atoms. The Labute approximate surface area is 69.3 Å². The fourth-order valence-electron chi connectivity index (χ4n) is 0.968. The van der Waals surface area contributed by atoms with Crippen molar-refractivity contribution in [3.05, 3.63) is 0 Å². The summed E-state index contributed by atoms with van der Waals surface area (Å²) < 4.78 is 0. The molecule has 0 fully saturated rings. The third kappa shape index (κ3) is 4.35. The molecule has 0 aliphatic carbocycles. The van der Waals surface area contributed by atoms with Crippen LogP contribution in [0.5, 0.6) is 0 Å². The molecule has 0 aromatic carbocycles. The van der Waals surface area contributed by atoms with Gasteiger partial charge in [0.1, 0.15) is 0 Å². The maximum Gasteiger partial charge on any atom is 0.00795 e. The molecule has 3 unspecified atom stereocenters. The Morgan fingerprint density at radius 2 is 1.64 bits per heavy atom. The minimum Gasteiger partial charge on any atom is -0.330 e. The van der Waals surface area contributed by atoms with Crippen molar-refractivity contribution in [2.24, 2.45) is 29.0 Å². The molecule has 0 aromatic rings. The lowest BCUT2D eigenvalue weighted by atomic mass is 9.93. The van der Waals surface area contributed by atoms with E-state index in [0.717, 1.165) is 6.42 Å². The highest BCUT2D eigenvalue weighted by Gasteiger charge is 2.13. The Balaban J connectivity index is 3.58. The second-order valence-electron chi connectivity index (χ2n) is 3.45. The van der Waals surface area contributed by atoms with Crippen LogP contribution in [0.3, 0.4) is 0 Å². The number of rotatable bonds is 5. The zero-order chi connectivity index (χ0) is 8.85. The summed E-state index contributed by atoms with van der Waals surface area (Å²) in [7, 11) is 0. The summed E-state index contributed by atoms with van der Waals surface area (Å²) >= 11 is 0. The van der Waals surface area contributed by atoms with Crippen molar-refractivity contribution in [2.45, 2.75) is 26.3 Å². The first kappa shape index (κ1) is 10.9. The highest BCUT2D eigenvalue weighted by atomic mass is 14.7. The molecule has 0 bridgehead atoms. The van der Waals surface area contributed by atoms with Gasteiger partial charge < -0.3 is 17.2 Å². The fourth-order valence-corrected chi connectivity index (χ4v) is 0.968. The van der Waals surface area contributed by atoms with Crippen LogP contribution < -0.4 is 17.2 Å². The van der Waals surface area contributed by atoms with Crippen molar-refractivity contribution in [1.82, 2.24) is 0 Å². The molecule has 0 aromatic heterocycles. The van der Waals surface area contributed by atoms with E-state index >= 15 is 0 Å². The van der Waals surface area contributed by atoms with E-state index in [1.807, 2.05) is 0 Å². The molecule has 68 valence electrons. The van der Waals surface area contributed by atoms with Crippen molar-refractivity contribution in [1.29, 1.82) is 0 Å². The van der Waals surface area contributed by atoms with Crippen LogP contribution >= 0.6 is 0 Å². The Bertz CT molecular complexity index is 95.3. The maximum atomic E-state index is 5.87. The summed E-state index contributed by atoms with van der Waals surface area (Å²) in [6.07, 6.45) is 0.981. The second-order valence-corrected chi connectivity index (χ2v) is 3.45. The minimum atomic E-state index is 0.207. The van der Waals surface area contributed by atoms with Gasteiger partial charge in [-0.3, -0.25) is 0 Å². The molecule has 3 atom stereocenters.